The van der Waals surface area contributed by atoms with Gasteiger partial charge < -0.3 is 5.32 Å². The van der Waals surface area contributed by atoms with E-state index >= 15 is 0 Å². The summed E-state index contributed by atoms with van der Waals surface area (Å²) in [6, 6.07) is 1.42. The molecule has 2 fully saturated rings. The second-order valence-electron chi connectivity index (χ2n) is 8.49. The van der Waals surface area contributed by atoms with Crippen molar-refractivity contribution in [3.63, 3.8) is 0 Å². The van der Waals surface area contributed by atoms with Crippen LogP contribution in [0.25, 0.3) is 0 Å². The Morgan fingerprint density at radius 3 is 2.48 bits per heavy atom. The number of hydrogen-bond acceptors (Lipinski definition) is 2. The second-order valence-corrected chi connectivity index (χ2v) is 8.49. The summed E-state index contributed by atoms with van der Waals surface area (Å²) in [5, 5.41) is 3.78. The van der Waals surface area contributed by atoms with Crippen molar-refractivity contribution < 1.29 is 0 Å². The maximum Gasteiger partial charge on any atom is 0.0244 e. The Kier molecular flexibility index (Phi) is 6.55. The van der Waals surface area contributed by atoms with Crippen LogP contribution in [0.1, 0.15) is 66.7 Å². The van der Waals surface area contributed by atoms with E-state index in [1.54, 1.807) is 0 Å². The molecule has 2 heteroatoms. The van der Waals surface area contributed by atoms with Crippen LogP contribution in [0, 0.1) is 23.7 Å². The van der Waals surface area contributed by atoms with Gasteiger partial charge in [0.2, 0.25) is 0 Å². The van der Waals surface area contributed by atoms with E-state index < -0.39 is 0 Å². The highest BCUT2D eigenvalue weighted by Gasteiger charge is 2.31. The molecule has 2 rings (SSSR count). The van der Waals surface area contributed by atoms with Crippen molar-refractivity contribution in [2.75, 3.05) is 19.6 Å². The van der Waals surface area contributed by atoms with Crippen molar-refractivity contribution in [3.8, 4) is 0 Å². The number of nitrogens with one attached hydrogen (secondary N) is 1. The van der Waals surface area contributed by atoms with E-state index in [1.165, 1.54) is 51.7 Å². The summed E-state index contributed by atoms with van der Waals surface area (Å²) in [4.78, 5) is 2.81. The number of piperazine rings is 1. The molecule has 1 aliphatic carbocycles. The van der Waals surface area contributed by atoms with Crippen molar-refractivity contribution >= 4 is 0 Å². The zero-order chi connectivity index (χ0) is 15.4. The first-order valence-electron chi connectivity index (χ1n) is 9.44. The SMILES string of the molecule is CC1CCCC(CCN2CC(C(C)C)NCC2C(C)C)C1. The summed E-state index contributed by atoms with van der Waals surface area (Å²) in [5.41, 5.74) is 0. The molecule has 21 heavy (non-hydrogen) atoms. The van der Waals surface area contributed by atoms with E-state index in [-0.39, 0.29) is 0 Å². The molecule has 0 aromatic carbocycles. The molecule has 0 amide bonds. The van der Waals surface area contributed by atoms with Gasteiger partial charge in [0.25, 0.3) is 0 Å². The summed E-state index contributed by atoms with van der Waals surface area (Å²) in [6.45, 7) is 15.7. The van der Waals surface area contributed by atoms with Crippen molar-refractivity contribution in [1.29, 1.82) is 0 Å². The van der Waals surface area contributed by atoms with Gasteiger partial charge in [-0.3, -0.25) is 4.90 Å². The summed E-state index contributed by atoms with van der Waals surface area (Å²) >= 11 is 0. The predicted molar refractivity (Wildman–Crippen MR) is 92.6 cm³/mol. The Balaban J connectivity index is 1.87. The molecule has 1 saturated heterocycles. The third kappa shape index (κ3) is 4.96. The standard InChI is InChI=1S/C19H38N2/c1-14(2)18-13-21(19(12-20-18)15(3)4)10-9-17-8-6-7-16(5)11-17/h14-20H,6-13H2,1-5H3. The zero-order valence-electron chi connectivity index (χ0n) is 15.1. The van der Waals surface area contributed by atoms with Gasteiger partial charge >= 0.3 is 0 Å². The average molecular weight is 295 g/mol. The highest BCUT2D eigenvalue weighted by molar-refractivity contribution is 4.89. The summed E-state index contributed by atoms with van der Waals surface area (Å²) in [5.74, 6) is 3.47. The van der Waals surface area contributed by atoms with Crippen LogP contribution in [0.3, 0.4) is 0 Å². The molecular formula is C19H38N2. The Bertz CT molecular complexity index is 300. The van der Waals surface area contributed by atoms with Crippen LogP contribution in [-0.2, 0) is 0 Å². The van der Waals surface area contributed by atoms with E-state index in [4.69, 9.17) is 0 Å². The van der Waals surface area contributed by atoms with Crippen LogP contribution < -0.4 is 5.32 Å². The minimum absolute atomic E-state index is 0.685. The molecular weight excluding hydrogens is 256 g/mol. The maximum absolute atomic E-state index is 3.78. The molecule has 1 saturated carbocycles. The fraction of sp³-hybridized carbons (Fsp3) is 1.00. The number of rotatable bonds is 5. The van der Waals surface area contributed by atoms with Gasteiger partial charge in [0.1, 0.15) is 0 Å². The maximum atomic E-state index is 3.78. The Morgan fingerprint density at radius 2 is 1.86 bits per heavy atom. The smallest absolute Gasteiger partial charge is 0.0244 e. The lowest BCUT2D eigenvalue weighted by molar-refractivity contribution is 0.0756. The Morgan fingerprint density at radius 1 is 1.10 bits per heavy atom. The molecule has 1 heterocycles. The van der Waals surface area contributed by atoms with Gasteiger partial charge in [-0.2, -0.15) is 0 Å². The highest BCUT2D eigenvalue weighted by Crippen LogP contribution is 2.31. The molecule has 2 aliphatic rings. The number of hydrogen-bond donors (Lipinski definition) is 1. The molecule has 124 valence electrons. The third-order valence-corrected chi connectivity index (χ3v) is 5.93. The largest absolute Gasteiger partial charge is 0.311 e. The van der Waals surface area contributed by atoms with Crippen LogP contribution in [0.4, 0.5) is 0 Å². The lowest BCUT2D eigenvalue weighted by atomic mass is 9.80. The molecule has 0 radical (unpaired) electrons. The van der Waals surface area contributed by atoms with Crippen molar-refractivity contribution in [2.45, 2.75) is 78.8 Å². The lowest BCUT2D eigenvalue weighted by Gasteiger charge is -2.44. The molecule has 2 nitrogen and oxygen atoms in total. The van der Waals surface area contributed by atoms with Gasteiger partial charge in [-0.05, 0) is 43.1 Å². The minimum atomic E-state index is 0.685. The van der Waals surface area contributed by atoms with E-state index in [0.29, 0.717) is 6.04 Å². The third-order valence-electron chi connectivity index (χ3n) is 5.93. The summed E-state index contributed by atoms with van der Waals surface area (Å²) in [7, 11) is 0. The van der Waals surface area contributed by atoms with Crippen LogP contribution in [0.15, 0.2) is 0 Å². The summed E-state index contributed by atoms with van der Waals surface area (Å²) in [6.07, 6.45) is 7.32. The molecule has 4 unspecified atom stereocenters. The van der Waals surface area contributed by atoms with Crippen LogP contribution >= 0.6 is 0 Å². The Hall–Kier alpha value is -0.0800. The first kappa shape index (κ1) is 17.3. The van der Waals surface area contributed by atoms with E-state index in [1.807, 2.05) is 0 Å². The van der Waals surface area contributed by atoms with E-state index in [0.717, 1.165) is 29.7 Å². The minimum Gasteiger partial charge on any atom is -0.311 e. The van der Waals surface area contributed by atoms with Crippen LogP contribution in [0.5, 0.6) is 0 Å². The summed E-state index contributed by atoms with van der Waals surface area (Å²) < 4.78 is 0. The van der Waals surface area contributed by atoms with Crippen molar-refractivity contribution in [2.24, 2.45) is 23.7 Å². The first-order valence-corrected chi connectivity index (χ1v) is 9.44. The van der Waals surface area contributed by atoms with Gasteiger partial charge in [-0.15, -0.1) is 0 Å². The topological polar surface area (TPSA) is 15.3 Å². The van der Waals surface area contributed by atoms with E-state index in [2.05, 4.69) is 44.8 Å². The second kappa shape index (κ2) is 7.97. The fourth-order valence-corrected chi connectivity index (χ4v) is 4.39. The van der Waals surface area contributed by atoms with Gasteiger partial charge in [0.15, 0.2) is 0 Å². The predicted octanol–water partition coefficient (Wildman–Crippen LogP) is 4.16. The highest BCUT2D eigenvalue weighted by atomic mass is 15.2. The van der Waals surface area contributed by atoms with Gasteiger partial charge in [-0.25, -0.2) is 0 Å². The monoisotopic (exact) mass is 294 g/mol. The quantitative estimate of drug-likeness (QED) is 0.819. The van der Waals surface area contributed by atoms with Crippen molar-refractivity contribution in [1.82, 2.24) is 10.2 Å². The molecule has 0 aromatic heterocycles. The van der Waals surface area contributed by atoms with Gasteiger partial charge in [-0.1, -0.05) is 53.9 Å². The van der Waals surface area contributed by atoms with E-state index in [9.17, 15) is 0 Å². The fourth-order valence-electron chi connectivity index (χ4n) is 4.39. The zero-order valence-corrected chi connectivity index (χ0v) is 15.1. The molecule has 0 aromatic rings. The van der Waals surface area contributed by atoms with Crippen LogP contribution in [0.2, 0.25) is 0 Å². The molecule has 0 bridgehead atoms. The average Bonchev–Trinajstić information content (AvgIpc) is 2.44. The first-order chi connectivity index (χ1) is 9.97. The normalized spacial score (nSPS) is 35.6. The Labute approximate surface area is 133 Å². The van der Waals surface area contributed by atoms with Crippen LogP contribution in [-0.4, -0.2) is 36.6 Å². The molecule has 1 N–H and O–H groups in total. The molecule has 1 aliphatic heterocycles. The molecule has 0 spiro atoms. The van der Waals surface area contributed by atoms with Gasteiger partial charge in [0, 0.05) is 25.2 Å². The van der Waals surface area contributed by atoms with Gasteiger partial charge in [0.05, 0.1) is 0 Å². The van der Waals surface area contributed by atoms with Crippen molar-refractivity contribution in [3.05, 3.63) is 0 Å². The number of nitrogens with zero attached hydrogens (tertiary/aromatic N) is 1. The lowest BCUT2D eigenvalue weighted by Crippen LogP contribution is -2.59. The molecule has 4 atom stereocenters.